The monoisotopic (exact) mass is 1400 g/mol. The number of aliphatic hydroxyl groups excluding tert-OH is 10. The number of carbonyl (C=O) groups is 3. The molecule has 18 atom stereocenters. The van der Waals surface area contributed by atoms with E-state index in [0.29, 0.717) is 19.3 Å². The van der Waals surface area contributed by atoms with Crippen LogP contribution in [0.3, 0.4) is 0 Å². The summed E-state index contributed by atoms with van der Waals surface area (Å²) in [5.41, 5.74) is 0. The van der Waals surface area contributed by atoms with Crippen molar-refractivity contribution in [2.45, 2.75) is 395 Å². The van der Waals surface area contributed by atoms with Crippen LogP contribution in [0.4, 0.5) is 0 Å². The zero-order chi connectivity index (χ0) is 70.4. The Morgan fingerprint density at radius 2 is 0.729 bits per heavy atom. The first-order valence-electron chi connectivity index (χ1n) is 37.5. The number of hydrogen-bond acceptors (Lipinski definition) is 23. The van der Waals surface area contributed by atoms with Gasteiger partial charge in [0.15, 0.2) is 18.7 Å². The van der Waals surface area contributed by atoms with E-state index in [0.717, 1.165) is 116 Å². The van der Waals surface area contributed by atoms with Crippen molar-refractivity contribution in [3.05, 3.63) is 12.2 Å². The van der Waals surface area contributed by atoms with Gasteiger partial charge in [-0.1, -0.05) is 238 Å². The fourth-order valence-electron chi connectivity index (χ4n) is 12.4. The van der Waals surface area contributed by atoms with E-state index in [2.05, 4.69) is 32.9 Å². The predicted octanol–water partition coefficient (Wildman–Crippen LogP) is 9.96. The van der Waals surface area contributed by atoms with Crippen molar-refractivity contribution in [1.82, 2.24) is 0 Å². The van der Waals surface area contributed by atoms with Gasteiger partial charge in [0.1, 0.15) is 98.7 Å². The molecule has 24 nitrogen and oxygen atoms in total. The number of unbranched alkanes of at least 4 members (excludes halogenated alkanes) is 35. The van der Waals surface area contributed by atoms with Crippen molar-refractivity contribution < 1.29 is 117 Å². The summed E-state index contributed by atoms with van der Waals surface area (Å²) in [6.07, 6.45) is 11.4. The molecule has 3 aliphatic rings. The van der Waals surface area contributed by atoms with E-state index in [4.69, 9.17) is 42.2 Å². The third-order valence-corrected chi connectivity index (χ3v) is 19.5. The molecule has 0 aromatic heterocycles. The molecule has 1 saturated carbocycles. The van der Waals surface area contributed by atoms with Gasteiger partial charge in [-0.3, -0.25) is 23.4 Å². The van der Waals surface area contributed by atoms with Crippen LogP contribution in [0.1, 0.15) is 290 Å². The fraction of sp³-hybridized carbons (Fsp3) is 0.930. The minimum absolute atomic E-state index is 0.0327. The number of ether oxygens (including phenoxy) is 7. The molecule has 0 amide bonds. The summed E-state index contributed by atoms with van der Waals surface area (Å²) < 4.78 is 65.0. The third kappa shape index (κ3) is 36.5. The summed E-state index contributed by atoms with van der Waals surface area (Å²) in [5.74, 6) is -1.99. The Morgan fingerprint density at radius 3 is 1.14 bits per heavy atom. The molecule has 2 heterocycles. The van der Waals surface area contributed by atoms with E-state index in [1.54, 1.807) is 0 Å². The largest absolute Gasteiger partial charge is 0.472 e. The first-order valence-corrected chi connectivity index (χ1v) is 39.0. The summed E-state index contributed by atoms with van der Waals surface area (Å²) in [6.45, 7) is 3.42. The number of allylic oxidation sites excluding steroid dienone is 2. The van der Waals surface area contributed by atoms with E-state index in [1.807, 2.05) is 0 Å². The summed E-state index contributed by atoms with van der Waals surface area (Å²) in [7, 11) is -5.69. The number of carbonyl (C=O) groups excluding carboxylic acids is 3. The molecule has 25 heteroatoms. The second kappa shape index (κ2) is 53.5. The smallest absolute Gasteiger partial charge is 0.463 e. The van der Waals surface area contributed by atoms with Gasteiger partial charge in [-0.05, 0) is 44.9 Å². The van der Waals surface area contributed by atoms with Crippen molar-refractivity contribution in [2.75, 3.05) is 26.4 Å². The Balaban J connectivity index is 1.73. The van der Waals surface area contributed by atoms with E-state index in [1.165, 1.54) is 116 Å². The molecule has 96 heavy (non-hydrogen) atoms. The highest BCUT2D eigenvalue weighted by molar-refractivity contribution is 7.47. The molecule has 3 rings (SSSR count). The Hall–Kier alpha value is -2.30. The molecule has 2 saturated heterocycles. The topological polar surface area (TPSA) is 374 Å². The van der Waals surface area contributed by atoms with E-state index in [9.17, 15) is 74.9 Å². The molecule has 564 valence electrons. The lowest BCUT2D eigenvalue weighted by Crippen LogP contribution is -2.69. The van der Waals surface area contributed by atoms with Crippen LogP contribution in [-0.2, 0) is 61.2 Å². The molecular formula is C71H131O24P. The molecule has 1 aliphatic carbocycles. The number of rotatable bonds is 58. The van der Waals surface area contributed by atoms with Crippen LogP contribution in [0, 0.1) is 0 Å². The number of phosphoric ester groups is 1. The predicted molar refractivity (Wildman–Crippen MR) is 361 cm³/mol. The summed E-state index contributed by atoms with van der Waals surface area (Å²) in [4.78, 5) is 50.9. The van der Waals surface area contributed by atoms with Gasteiger partial charge in [0.05, 0.1) is 13.2 Å². The molecule has 0 spiro atoms. The van der Waals surface area contributed by atoms with Crippen LogP contribution >= 0.6 is 7.82 Å². The molecular weight excluding hydrogens is 1270 g/mol. The van der Waals surface area contributed by atoms with Crippen LogP contribution in [0.25, 0.3) is 0 Å². The number of esters is 3. The van der Waals surface area contributed by atoms with Gasteiger partial charge in [-0.2, -0.15) is 0 Å². The molecule has 0 radical (unpaired) electrons. The molecule has 0 aromatic carbocycles. The lowest BCUT2D eigenvalue weighted by Gasteiger charge is -2.49. The van der Waals surface area contributed by atoms with Gasteiger partial charge in [-0.15, -0.1) is 0 Å². The minimum Gasteiger partial charge on any atom is -0.463 e. The van der Waals surface area contributed by atoms with Crippen LogP contribution in [0.15, 0.2) is 12.2 Å². The number of phosphoric acid groups is 1. The van der Waals surface area contributed by atoms with Gasteiger partial charge < -0.3 is 89.1 Å². The maximum atomic E-state index is 14.3. The first kappa shape index (κ1) is 87.9. The maximum absolute atomic E-state index is 14.3. The average molecular weight is 1400 g/mol. The van der Waals surface area contributed by atoms with E-state index >= 15 is 0 Å². The van der Waals surface area contributed by atoms with Crippen molar-refractivity contribution >= 4 is 25.7 Å². The summed E-state index contributed by atoms with van der Waals surface area (Å²) in [6, 6.07) is 0. The number of aliphatic hydroxyl groups is 10. The molecule has 3 fully saturated rings. The number of hydrogen-bond donors (Lipinski definition) is 11. The van der Waals surface area contributed by atoms with Crippen LogP contribution < -0.4 is 0 Å². The molecule has 0 bridgehead atoms. The maximum Gasteiger partial charge on any atom is 0.472 e. The van der Waals surface area contributed by atoms with Crippen molar-refractivity contribution in [2.24, 2.45) is 0 Å². The summed E-state index contributed by atoms with van der Waals surface area (Å²) >= 11 is 0. The second-order valence-electron chi connectivity index (χ2n) is 27.0. The van der Waals surface area contributed by atoms with E-state index in [-0.39, 0.29) is 19.3 Å². The van der Waals surface area contributed by atoms with Gasteiger partial charge in [-0.25, -0.2) is 4.57 Å². The standard InChI is InChI=1S/C71H131O24P/c1-4-7-10-13-16-19-22-24-26-28-31-33-36-39-42-45-55(73)87-49-52(90-57(75)47-44-41-38-35-30-21-18-15-12-9-6-3)50-89-96(85,86)95-69-67(93-70-65(83)60(78)58(76)53(48-72)91-70)63(81)62(80)64(82)68(69)94-71-66(84)61(79)59(77)54(92-71)51-88-56(74)46-43-40-37-34-32-29-27-25-23-20-17-14-11-8-5-2/h19,22,52-54,58-72,76-84H,4-18,20-21,23-51H2,1-3H3,(H,85,86)/b22-19-. The Bertz CT molecular complexity index is 2040. The lowest BCUT2D eigenvalue weighted by atomic mass is 9.84. The Labute approximate surface area is 573 Å². The van der Waals surface area contributed by atoms with Gasteiger partial charge >= 0.3 is 25.7 Å². The quantitative estimate of drug-likeness (QED) is 0.00886. The SMILES string of the molecule is CCCCCC/C=C\CCCCCCCCCC(=O)OCC(COP(=O)(O)OC1C(OC2OC(CO)C(O)C(O)C2O)C(O)C(O)C(O)C1OC1OC(COC(=O)CCCCCCCCCCCCCCCCC)C(O)C(O)C1O)OC(=O)CCCCCCCCCCCCC. The normalized spacial score (nSPS) is 28.0. The van der Waals surface area contributed by atoms with Gasteiger partial charge in [0.25, 0.3) is 0 Å². The molecule has 0 aromatic rings. The van der Waals surface area contributed by atoms with Crippen LogP contribution in [0.2, 0.25) is 0 Å². The zero-order valence-corrected chi connectivity index (χ0v) is 59.6. The first-order chi connectivity index (χ1) is 46.3. The fourth-order valence-corrected chi connectivity index (χ4v) is 13.4. The highest BCUT2D eigenvalue weighted by Crippen LogP contribution is 2.49. The van der Waals surface area contributed by atoms with Crippen molar-refractivity contribution in [3.8, 4) is 0 Å². The zero-order valence-electron chi connectivity index (χ0n) is 58.7. The van der Waals surface area contributed by atoms with Crippen LogP contribution in [0.5, 0.6) is 0 Å². The molecule has 11 N–H and O–H groups in total. The van der Waals surface area contributed by atoms with Crippen molar-refractivity contribution in [1.29, 1.82) is 0 Å². The molecule has 2 aliphatic heterocycles. The summed E-state index contributed by atoms with van der Waals surface area (Å²) in [5, 5.41) is 110. The van der Waals surface area contributed by atoms with Crippen molar-refractivity contribution in [3.63, 3.8) is 0 Å². The van der Waals surface area contributed by atoms with Crippen LogP contribution in [-0.4, -0.2) is 204 Å². The van der Waals surface area contributed by atoms with Gasteiger partial charge in [0, 0.05) is 19.3 Å². The lowest BCUT2D eigenvalue weighted by molar-refractivity contribution is -0.360. The Morgan fingerprint density at radius 1 is 0.396 bits per heavy atom. The van der Waals surface area contributed by atoms with E-state index < -0.39 is 156 Å². The molecule has 18 unspecified atom stereocenters. The highest BCUT2D eigenvalue weighted by Gasteiger charge is 2.58. The third-order valence-electron chi connectivity index (χ3n) is 18.5. The minimum atomic E-state index is -5.69. The highest BCUT2D eigenvalue weighted by atomic mass is 31.2. The van der Waals surface area contributed by atoms with Gasteiger partial charge in [0.2, 0.25) is 0 Å². The average Bonchev–Trinajstić information content (AvgIpc) is 0.765. The second-order valence-corrected chi connectivity index (χ2v) is 28.4. The Kier molecular flexibility index (Phi) is 49.0.